The van der Waals surface area contributed by atoms with E-state index in [1.807, 2.05) is 13.8 Å². The minimum absolute atomic E-state index is 0.0309. The van der Waals surface area contributed by atoms with Crippen molar-refractivity contribution in [2.45, 2.75) is 45.3 Å². The number of amides is 2. The van der Waals surface area contributed by atoms with Gasteiger partial charge in [-0.1, -0.05) is 42.2 Å². The Kier molecular flexibility index (Phi) is 8.12. The van der Waals surface area contributed by atoms with Crippen LogP contribution in [-0.2, 0) is 21.0 Å². The highest BCUT2D eigenvalue weighted by Crippen LogP contribution is 2.20. The van der Waals surface area contributed by atoms with Gasteiger partial charge in [0.1, 0.15) is 5.71 Å². The fraction of sp³-hybridized carbons (Fsp3) is 0.471. The first-order chi connectivity index (χ1) is 13.2. The summed E-state index contributed by atoms with van der Waals surface area (Å²) < 4.78 is 0. The van der Waals surface area contributed by atoms with Crippen LogP contribution in [0.5, 0.6) is 0 Å². The number of nitrogens with zero attached hydrogens (tertiary/aromatic N) is 1. The van der Waals surface area contributed by atoms with Crippen molar-refractivity contribution in [2.75, 3.05) is 0 Å². The van der Waals surface area contributed by atoms with E-state index in [-0.39, 0.29) is 24.6 Å². The fourth-order valence-corrected chi connectivity index (χ4v) is 3.03. The van der Waals surface area contributed by atoms with Crippen LogP contribution in [0.25, 0.3) is 0 Å². The molecule has 0 saturated heterocycles. The van der Waals surface area contributed by atoms with Gasteiger partial charge in [-0.05, 0) is 36.1 Å². The van der Waals surface area contributed by atoms with Crippen LogP contribution < -0.4 is 10.6 Å². The standard InChI is InChI=1S/C17H22BCl2N3O5/c1-9(2)5-15(18(26)27)22-17(25)14-7-13(23-28-14)16(24)21-8-10-6-11(19)3-4-12(10)20/h3-4,6,9,14-15,26-27H,5,7-8H2,1-2H3,(H,21,24)(H,22,25)/t14?,15-/m0/s1. The number of benzene rings is 1. The van der Waals surface area contributed by atoms with E-state index in [4.69, 9.17) is 28.0 Å². The summed E-state index contributed by atoms with van der Waals surface area (Å²) in [4.78, 5) is 29.6. The van der Waals surface area contributed by atoms with E-state index in [1.54, 1.807) is 18.2 Å². The van der Waals surface area contributed by atoms with Crippen molar-refractivity contribution in [2.24, 2.45) is 11.1 Å². The smallest absolute Gasteiger partial charge is 0.426 e. The molecule has 0 saturated carbocycles. The summed E-state index contributed by atoms with van der Waals surface area (Å²) in [7, 11) is -1.70. The van der Waals surface area contributed by atoms with Crippen molar-refractivity contribution in [3.63, 3.8) is 0 Å². The van der Waals surface area contributed by atoms with E-state index in [0.717, 1.165) is 0 Å². The monoisotopic (exact) mass is 429 g/mol. The molecular weight excluding hydrogens is 408 g/mol. The van der Waals surface area contributed by atoms with Gasteiger partial charge in [-0.15, -0.1) is 0 Å². The highest BCUT2D eigenvalue weighted by Gasteiger charge is 2.35. The average Bonchev–Trinajstić information content (AvgIpc) is 3.11. The second kappa shape index (κ2) is 10.1. The van der Waals surface area contributed by atoms with E-state index in [2.05, 4.69) is 15.8 Å². The van der Waals surface area contributed by atoms with Crippen molar-refractivity contribution >= 4 is 47.8 Å². The van der Waals surface area contributed by atoms with Gasteiger partial charge in [0.05, 0.1) is 5.94 Å². The third kappa shape index (κ3) is 6.37. The molecule has 0 aromatic heterocycles. The van der Waals surface area contributed by atoms with Gasteiger partial charge < -0.3 is 25.5 Å². The molecule has 1 aromatic carbocycles. The summed E-state index contributed by atoms with van der Waals surface area (Å²) in [5.41, 5.74) is 0.702. The van der Waals surface area contributed by atoms with Gasteiger partial charge in [-0.3, -0.25) is 9.59 Å². The molecule has 28 heavy (non-hydrogen) atoms. The Bertz CT molecular complexity index is 760. The molecule has 1 aromatic rings. The topological polar surface area (TPSA) is 120 Å². The Balaban J connectivity index is 1.87. The number of rotatable bonds is 8. The van der Waals surface area contributed by atoms with Gasteiger partial charge in [-0.25, -0.2) is 0 Å². The first-order valence-electron chi connectivity index (χ1n) is 8.78. The fourth-order valence-electron chi connectivity index (χ4n) is 2.65. The van der Waals surface area contributed by atoms with E-state index in [0.29, 0.717) is 22.0 Å². The zero-order valence-corrected chi connectivity index (χ0v) is 17.0. The molecule has 1 aliphatic rings. The van der Waals surface area contributed by atoms with Crippen molar-refractivity contribution < 1.29 is 24.5 Å². The molecule has 2 rings (SSSR count). The molecule has 0 aliphatic carbocycles. The lowest BCUT2D eigenvalue weighted by atomic mass is 9.75. The SMILES string of the molecule is CC(C)C[C@H](NC(=O)C1CC(C(=O)NCc2cc(Cl)ccc2Cl)=NO1)B(O)O. The zero-order valence-electron chi connectivity index (χ0n) is 15.5. The number of halogens is 2. The number of hydrogen-bond donors (Lipinski definition) is 4. The predicted octanol–water partition coefficient (Wildman–Crippen LogP) is 1.30. The minimum Gasteiger partial charge on any atom is -0.426 e. The van der Waals surface area contributed by atoms with Crippen LogP contribution in [0.4, 0.5) is 0 Å². The van der Waals surface area contributed by atoms with Gasteiger partial charge in [0.25, 0.3) is 11.8 Å². The van der Waals surface area contributed by atoms with Crippen LogP contribution in [0.15, 0.2) is 23.4 Å². The zero-order chi connectivity index (χ0) is 20.8. The average molecular weight is 430 g/mol. The van der Waals surface area contributed by atoms with Crippen molar-refractivity contribution in [3.05, 3.63) is 33.8 Å². The molecule has 8 nitrogen and oxygen atoms in total. The van der Waals surface area contributed by atoms with Crippen molar-refractivity contribution in [1.29, 1.82) is 0 Å². The summed E-state index contributed by atoms with van der Waals surface area (Å²) in [5, 5.41) is 28.6. The highest BCUT2D eigenvalue weighted by atomic mass is 35.5. The molecule has 2 amide bonds. The van der Waals surface area contributed by atoms with Crippen LogP contribution in [0.2, 0.25) is 10.0 Å². The molecule has 1 heterocycles. The molecule has 0 bridgehead atoms. The van der Waals surface area contributed by atoms with Gasteiger partial charge in [0, 0.05) is 23.0 Å². The van der Waals surface area contributed by atoms with Gasteiger partial charge in [0.2, 0.25) is 6.10 Å². The summed E-state index contributed by atoms with van der Waals surface area (Å²) in [5.74, 6) is -1.75. The lowest BCUT2D eigenvalue weighted by molar-refractivity contribution is -0.131. The van der Waals surface area contributed by atoms with Gasteiger partial charge in [-0.2, -0.15) is 0 Å². The summed E-state index contributed by atoms with van der Waals surface area (Å²) >= 11 is 12.0. The summed E-state index contributed by atoms with van der Waals surface area (Å²) in [6, 6.07) is 4.91. The number of carbonyl (C=O) groups is 2. The lowest BCUT2D eigenvalue weighted by Gasteiger charge is -2.20. The van der Waals surface area contributed by atoms with Crippen LogP contribution >= 0.6 is 23.2 Å². The van der Waals surface area contributed by atoms with Gasteiger partial charge in [0.15, 0.2) is 0 Å². The van der Waals surface area contributed by atoms with Crippen molar-refractivity contribution in [3.8, 4) is 0 Å². The lowest BCUT2D eigenvalue weighted by Crippen LogP contribution is -2.50. The van der Waals surface area contributed by atoms with E-state index in [1.165, 1.54) is 0 Å². The molecule has 4 N–H and O–H groups in total. The normalized spacial score (nSPS) is 17.0. The Morgan fingerprint density at radius 1 is 1.36 bits per heavy atom. The molecule has 1 unspecified atom stereocenters. The number of nitrogens with one attached hydrogen (secondary N) is 2. The Hall–Kier alpha value is -1.81. The Morgan fingerprint density at radius 2 is 2.07 bits per heavy atom. The first-order valence-corrected chi connectivity index (χ1v) is 9.54. The minimum atomic E-state index is -1.70. The molecule has 0 fully saturated rings. The maximum atomic E-state index is 12.3. The predicted molar refractivity (Wildman–Crippen MR) is 107 cm³/mol. The molecular formula is C17H22BCl2N3O5. The summed E-state index contributed by atoms with van der Waals surface area (Å²) in [6.07, 6.45) is -0.661. The van der Waals surface area contributed by atoms with Crippen LogP contribution in [0.3, 0.4) is 0 Å². The largest absolute Gasteiger partial charge is 0.475 e. The van der Waals surface area contributed by atoms with E-state index >= 15 is 0 Å². The third-order valence-electron chi connectivity index (χ3n) is 4.08. The van der Waals surface area contributed by atoms with E-state index < -0.39 is 31.0 Å². The molecule has 1 aliphatic heterocycles. The molecule has 11 heteroatoms. The molecule has 152 valence electrons. The molecule has 0 spiro atoms. The van der Waals surface area contributed by atoms with E-state index in [9.17, 15) is 19.6 Å². The number of carbonyl (C=O) groups excluding carboxylic acids is 2. The van der Waals surface area contributed by atoms with Crippen LogP contribution in [-0.4, -0.2) is 46.7 Å². The second-order valence-electron chi connectivity index (χ2n) is 6.91. The number of oxime groups is 1. The first kappa shape index (κ1) is 22.5. The Morgan fingerprint density at radius 3 is 2.71 bits per heavy atom. The van der Waals surface area contributed by atoms with Crippen LogP contribution in [0, 0.1) is 5.92 Å². The highest BCUT2D eigenvalue weighted by molar-refractivity contribution is 6.43. The molecule has 2 atom stereocenters. The molecule has 0 radical (unpaired) electrons. The number of hydrogen-bond acceptors (Lipinski definition) is 6. The quantitative estimate of drug-likeness (QED) is 0.464. The Labute approximate surface area is 173 Å². The van der Waals surface area contributed by atoms with Crippen molar-refractivity contribution in [1.82, 2.24) is 10.6 Å². The van der Waals surface area contributed by atoms with Crippen LogP contribution in [0.1, 0.15) is 32.3 Å². The van der Waals surface area contributed by atoms with Gasteiger partial charge >= 0.3 is 7.12 Å². The third-order valence-corrected chi connectivity index (χ3v) is 4.69. The maximum Gasteiger partial charge on any atom is 0.475 e. The summed E-state index contributed by atoms with van der Waals surface area (Å²) in [6.45, 7) is 3.93. The second-order valence-corrected chi connectivity index (χ2v) is 7.76. The maximum absolute atomic E-state index is 12.3.